The number of fused-ring (bicyclic) bond motifs is 1. The summed E-state index contributed by atoms with van der Waals surface area (Å²) in [7, 11) is -0.188. The number of hydrogen-bond acceptors (Lipinski definition) is 5. The number of sulfone groups is 1. The fourth-order valence-electron chi connectivity index (χ4n) is 2.04. The van der Waals surface area contributed by atoms with Crippen molar-refractivity contribution < 1.29 is 17.9 Å². The summed E-state index contributed by atoms with van der Waals surface area (Å²) in [5.74, 6) is -0.445. The van der Waals surface area contributed by atoms with Gasteiger partial charge in [-0.1, -0.05) is 0 Å². The van der Waals surface area contributed by atoms with Crippen molar-refractivity contribution in [3.8, 4) is 0 Å². The van der Waals surface area contributed by atoms with Gasteiger partial charge in [-0.2, -0.15) is 0 Å². The summed E-state index contributed by atoms with van der Waals surface area (Å²) in [6.45, 7) is 2.23. The van der Waals surface area contributed by atoms with E-state index >= 15 is 0 Å². The van der Waals surface area contributed by atoms with Crippen molar-refractivity contribution in [1.82, 2.24) is 0 Å². The Hall–Kier alpha value is -1.56. The number of ether oxygens (including phenoxy) is 1. The van der Waals surface area contributed by atoms with Crippen LogP contribution >= 0.6 is 0 Å². The quantitative estimate of drug-likeness (QED) is 0.712. The molecule has 0 aromatic heterocycles. The van der Waals surface area contributed by atoms with Gasteiger partial charge in [-0.3, -0.25) is 0 Å². The molecule has 6 heteroatoms. The largest absolute Gasteiger partial charge is 0.465 e. The van der Waals surface area contributed by atoms with Crippen molar-refractivity contribution in [2.24, 2.45) is 0 Å². The Morgan fingerprint density at radius 1 is 1.39 bits per heavy atom. The zero-order valence-corrected chi connectivity index (χ0v) is 11.4. The van der Waals surface area contributed by atoms with Gasteiger partial charge in [0.15, 0.2) is 9.84 Å². The van der Waals surface area contributed by atoms with Gasteiger partial charge in [0.25, 0.3) is 0 Å². The molecule has 0 amide bonds. The highest BCUT2D eigenvalue weighted by Crippen LogP contribution is 2.32. The van der Waals surface area contributed by atoms with Gasteiger partial charge in [0.05, 0.1) is 29.0 Å². The van der Waals surface area contributed by atoms with Crippen LogP contribution in [0, 0.1) is 6.92 Å². The van der Waals surface area contributed by atoms with Crippen LogP contribution in [0.3, 0.4) is 0 Å². The minimum atomic E-state index is -3.31. The first-order chi connectivity index (χ1) is 8.36. The van der Waals surface area contributed by atoms with Crippen molar-refractivity contribution in [2.45, 2.75) is 11.8 Å². The number of benzene rings is 1. The summed E-state index contributed by atoms with van der Waals surface area (Å²) < 4.78 is 28.7. The normalized spacial score (nSPS) is 17.2. The van der Waals surface area contributed by atoms with Crippen molar-refractivity contribution in [3.05, 3.63) is 23.3 Å². The van der Waals surface area contributed by atoms with E-state index in [1.54, 1.807) is 13.0 Å². The Kier molecular flexibility index (Phi) is 3.06. The van der Waals surface area contributed by atoms with Crippen LogP contribution in [0.25, 0.3) is 0 Å². The minimum Gasteiger partial charge on any atom is -0.465 e. The summed E-state index contributed by atoms with van der Waals surface area (Å²) in [6, 6.07) is 3.14. The van der Waals surface area contributed by atoms with Gasteiger partial charge in [0.1, 0.15) is 0 Å². The lowest BCUT2D eigenvalue weighted by atomic mass is 10.1. The topological polar surface area (TPSA) is 63.7 Å². The summed E-state index contributed by atoms with van der Waals surface area (Å²) in [4.78, 5) is 13.7. The van der Waals surface area contributed by atoms with E-state index in [1.165, 1.54) is 13.2 Å². The van der Waals surface area contributed by atoms with E-state index in [1.807, 2.05) is 11.9 Å². The van der Waals surface area contributed by atoms with E-state index in [0.29, 0.717) is 23.4 Å². The number of rotatable bonds is 1. The molecule has 2 rings (SSSR count). The number of aryl methyl sites for hydroxylation is 1. The minimum absolute atomic E-state index is 0.0696. The first-order valence-electron chi connectivity index (χ1n) is 5.53. The van der Waals surface area contributed by atoms with Gasteiger partial charge in [-0.15, -0.1) is 0 Å². The van der Waals surface area contributed by atoms with E-state index in [2.05, 4.69) is 4.74 Å². The summed E-state index contributed by atoms with van der Waals surface area (Å²) in [5, 5.41) is 0. The van der Waals surface area contributed by atoms with Crippen LogP contribution in [0.4, 0.5) is 5.69 Å². The number of hydrogen-bond donors (Lipinski definition) is 0. The first-order valence-corrected chi connectivity index (χ1v) is 7.19. The molecule has 0 bridgehead atoms. The van der Waals surface area contributed by atoms with Crippen LogP contribution in [0.1, 0.15) is 15.9 Å². The number of nitrogens with zero attached hydrogens (tertiary/aromatic N) is 1. The SMILES string of the molecule is COC(=O)c1cc2c(cc1C)N(C)CCS2(=O)=O. The van der Waals surface area contributed by atoms with Crippen LogP contribution in [0.15, 0.2) is 17.0 Å². The molecule has 98 valence electrons. The maximum atomic E-state index is 12.0. The molecule has 0 radical (unpaired) electrons. The van der Waals surface area contributed by atoms with E-state index < -0.39 is 15.8 Å². The molecule has 1 aromatic rings. The maximum Gasteiger partial charge on any atom is 0.338 e. The molecule has 0 aliphatic carbocycles. The molecule has 5 nitrogen and oxygen atoms in total. The average Bonchev–Trinajstić information content (AvgIpc) is 2.33. The van der Waals surface area contributed by atoms with Crippen LogP contribution in [0.2, 0.25) is 0 Å². The smallest absolute Gasteiger partial charge is 0.338 e. The zero-order valence-electron chi connectivity index (χ0n) is 10.6. The molecule has 1 aromatic carbocycles. The number of carbonyl (C=O) groups excluding carboxylic acids is 1. The highest BCUT2D eigenvalue weighted by molar-refractivity contribution is 7.91. The number of methoxy groups -OCH3 is 1. The van der Waals surface area contributed by atoms with E-state index in [-0.39, 0.29) is 10.6 Å². The van der Waals surface area contributed by atoms with E-state index in [0.717, 1.165) is 0 Å². The second kappa shape index (κ2) is 4.28. The number of anilines is 1. The Bertz CT molecular complexity index is 607. The molecular weight excluding hydrogens is 254 g/mol. The Labute approximate surface area is 106 Å². The third-order valence-electron chi connectivity index (χ3n) is 3.15. The standard InChI is InChI=1S/C12H15NO4S/c1-8-6-10-11(7-9(8)12(14)17-3)18(15,16)5-4-13(10)2/h6-7H,4-5H2,1-3H3. The highest BCUT2D eigenvalue weighted by atomic mass is 32.2. The Morgan fingerprint density at radius 2 is 2.06 bits per heavy atom. The van der Waals surface area contributed by atoms with Crippen molar-refractivity contribution >= 4 is 21.5 Å². The molecule has 0 saturated carbocycles. The summed E-state index contributed by atoms with van der Waals surface area (Å²) >= 11 is 0. The Balaban J connectivity index is 2.70. The molecular formula is C12H15NO4S. The van der Waals surface area contributed by atoms with Gasteiger partial charge >= 0.3 is 5.97 Å². The second-order valence-corrected chi connectivity index (χ2v) is 6.44. The molecule has 1 heterocycles. The third-order valence-corrected chi connectivity index (χ3v) is 4.87. The lowest BCUT2D eigenvalue weighted by Crippen LogP contribution is -2.32. The fourth-order valence-corrected chi connectivity index (χ4v) is 3.60. The first kappa shape index (κ1) is 12.9. The van der Waals surface area contributed by atoms with Gasteiger partial charge in [0.2, 0.25) is 0 Å². The van der Waals surface area contributed by atoms with Gasteiger partial charge in [-0.25, -0.2) is 13.2 Å². The molecule has 1 aliphatic heterocycles. The predicted molar refractivity (Wildman–Crippen MR) is 67.8 cm³/mol. The molecule has 0 atom stereocenters. The van der Waals surface area contributed by atoms with Gasteiger partial charge in [0, 0.05) is 13.6 Å². The van der Waals surface area contributed by atoms with E-state index in [9.17, 15) is 13.2 Å². The second-order valence-electron chi connectivity index (χ2n) is 4.37. The monoisotopic (exact) mass is 269 g/mol. The summed E-state index contributed by atoms with van der Waals surface area (Å²) in [5.41, 5.74) is 1.66. The maximum absolute atomic E-state index is 12.0. The lowest BCUT2D eigenvalue weighted by molar-refractivity contribution is 0.0599. The van der Waals surface area contributed by atoms with Crippen LogP contribution in [-0.4, -0.2) is 40.8 Å². The zero-order chi connectivity index (χ0) is 13.5. The van der Waals surface area contributed by atoms with E-state index in [4.69, 9.17) is 0 Å². The van der Waals surface area contributed by atoms with Crippen molar-refractivity contribution in [1.29, 1.82) is 0 Å². The third kappa shape index (κ3) is 1.96. The molecule has 0 fully saturated rings. The lowest BCUT2D eigenvalue weighted by Gasteiger charge is -2.28. The molecule has 0 spiro atoms. The summed E-state index contributed by atoms with van der Waals surface area (Å²) in [6.07, 6.45) is 0. The van der Waals surface area contributed by atoms with Crippen molar-refractivity contribution in [2.75, 3.05) is 31.4 Å². The van der Waals surface area contributed by atoms with Crippen LogP contribution < -0.4 is 4.90 Å². The predicted octanol–water partition coefficient (Wildman–Crippen LogP) is 1.01. The van der Waals surface area contributed by atoms with Crippen molar-refractivity contribution in [3.63, 3.8) is 0 Å². The number of carbonyl (C=O) groups is 1. The molecule has 18 heavy (non-hydrogen) atoms. The highest BCUT2D eigenvalue weighted by Gasteiger charge is 2.28. The fraction of sp³-hybridized carbons (Fsp3) is 0.417. The molecule has 1 aliphatic rings. The van der Waals surface area contributed by atoms with Gasteiger partial charge in [-0.05, 0) is 24.6 Å². The number of esters is 1. The Morgan fingerprint density at radius 3 is 2.67 bits per heavy atom. The van der Waals surface area contributed by atoms with Crippen LogP contribution in [0.5, 0.6) is 0 Å². The average molecular weight is 269 g/mol. The van der Waals surface area contributed by atoms with Gasteiger partial charge < -0.3 is 9.64 Å². The molecule has 0 saturated heterocycles. The van der Waals surface area contributed by atoms with Crippen LogP contribution in [-0.2, 0) is 14.6 Å². The molecule has 0 N–H and O–H groups in total. The molecule has 0 unspecified atom stereocenters.